The van der Waals surface area contributed by atoms with Gasteiger partial charge in [0.15, 0.2) is 6.10 Å². The Morgan fingerprint density at radius 3 is 2.50 bits per heavy atom. The fourth-order valence-corrected chi connectivity index (χ4v) is 7.75. The fourth-order valence-electron chi connectivity index (χ4n) is 6.60. The maximum Gasteiger partial charge on any atom is 0.254 e. The van der Waals surface area contributed by atoms with Gasteiger partial charge in [-0.1, -0.05) is 29.8 Å². The number of para-hydroxylation sites is 1. The summed E-state index contributed by atoms with van der Waals surface area (Å²) in [6.45, 7) is 0.835. The number of benzene rings is 2. The van der Waals surface area contributed by atoms with Crippen molar-refractivity contribution < 1.29 is 44.5 Å². The molecule has 2 aromatic carbocycles. The van der Waals surface area contributed by atoms with Crippen molar-refractivity contribution >= 4 is 29.3 Å². The van der Waals surface area contributed by atoms with Crippen LogP contribution in [0.3, 0.4) is 0 Å². The third kappa shape index (κ3) is 9.65. The molecule has 11 nitrogen and oxygen atoms in total. The molecule has 4 atom stereocenters. The number of carbonyl (C=O) groups excluding carboxylic acids is 1. The number of aliphatic hydroxyl groups excluding tert-OH is 5. The SMILES string of the molecule is O=C(C(O)C(O)C(O)C(O)CO)N(CCCCSc1ccc(Cl)c(COC2(c3cnccc3-c3ccccc3OC3CC3)CC2)c1)C1CCOCC1. The van der Waals surface area contributed by atoms with Crippen LogP contribution in [0.5, 0.6) is 5.75 Å². The average Bonchev–Trinajstić information content (AvgIpc) is 4.13. The van der Waals surface area contributed by atoms with Gasteiger partial charge in [0.1, 0.15) is 24.1 Å². The van der Waals surface area contributed by atoms with E-state index in [0.717, 1.165) is 70.8 Å². The Bertz CT molecular complexity index is 1630. The lowest BCUT2D eigenvalue weighted by Crippen LogP contribution is -2.55. The second-order valence-electron chi connectivity index (χ2n) is 13.9. The van der Waals surface area contributed by atoms with Crippen LogP contribution in [0, 0.1) is 0 Å². The molecular formula is C39H49ClN2O9S. The molecule has 4 unspecified atom stereocenters. The summed E-state index contributed by atoms with van der Waals surface area (Å²) in [7, 11) is 0. The highest BCUT2D eigenvalue weighted by Crippen LogP contribution is 2.53. The lowest BCUT2D eigenvalue weighted by Gasteiger charge is -2.37. The van der Waals surface area contributed by atoms with E-state index in [9.17, 15) is 25.2 Å². The number of unbranched alkanes of at least 4 members (excludes halogenated alkanes) is 1. The third-order valence-corrected chi connectivity index (χ3v) is 11.5. The topological polar surface area (TPSA) is 162 Å². The van der Waals surface area contributed by atoms with E-state index in [1.54, 1.807) is 16.7 Å². The monoisotopic (exact) mass is 756 g/mol. The molecule has 5 N–H and O–H groups in total. The lowest BCUT2D eigenvalue weighted by atomic mass is 9.96. The summed E-state index contributed by atoms with van der Waals surface area (Å²) in [6.07, 6.45) is 3.11. The van der Waals surface area contributed by atoms with E-state index in [1.165, 1.54) is 0 Å². The minimum atomic E-state index is -1.94. The van der Waals surface area contributed by atoms with E-state index in [2.05, 4.69) is 17.1 Å². The zero-order valence-corrected chi connectivity index (χ0v) is 30.8. The average molecular weight is 757 g/mol. The summed E-state index contributed by atoms with van der Waals surface area (Å²) in [6, 6.07) is 16.0. The molecule has 3 aromatic rings. The quantitative estimate of drug-likeness (QED) is 0.0868. The molecule has 6 rings (SSSR count). The van der Waals surface area contributed by atoms with Gasteiger partial charge in [0, 0.05) is 59.2 Å². The lowest BCUT2D eigenvalue weighted by molar-refractivity contribution is -0.162. The summed E-state index contributed by atoms with van der Waals surface area (Å²) in [5.74, 6) is 0.937. The number of aromatic nitrogens is 1. The summed E-state index contributed by atoms with van der Waals surface area (Å²) >= 11 is 8.34. The number of hydrogen-bond donors (Lipinski definition) is 5. The fraction of sp³-hybridized carbons (Fsp3) is 0.538. The van der Waals surface area contributed by atoms with Crippen LogP contribution in [0.4, 0.5) is 0 Å². The predicted molar refractivity (Wildman–Crippen MR) is 197 cm³/mol. The second kappa shape index (κ2) is 18.0. The number of pyridine rings is 1. The maximum atomic E-state index is 13.3. The van der Waals surface area contributed by atoms with Gasteiger partial charge in [-0.3, -0.25) is 9.78 Å². The molecule has 2 saturated carbocycles. The van der Waals surface area contributed by atoms with Gasteiger partial charge in [-0.25, -0.2) is 0 Å². The highest BCUT2D eigenvalue weighted by molar-refractivity contribution is 7.99. The van der Waals surface area contributed by atoms with Crippen LogP contribution in [0.1, 0.15) is 62.5 Å². The molecule has 282 valence electrons. The van der Waals surface area contributed by atoms with Gasteiger partial charge >= 0.3 is 0 Å². The standard InChI is InChI=1S/C39H49ClN2O9S/c40-32-10-9-28(52-20-4-3-17-42(26-12-18-49-19-13-26)38(48)37(47)36(46)35(45)33(44)23-43)21-25(32)24-50-39(14-15-39)31-22-41-16-11-29(31)30-5-1-2-6-34(30)51-27-7-8-27/h1-2,5-6,9-11,16,21-22,26-27,33,35-37,43-47H,3-4,7-8,12-15,17-20,23-24H2. The normalized spacial score (nSPS) is 19.4. The first-order valence-electron chi connectivity index (χ1n) is 18.2. The van der Waals surface area contributed by atoms with Crippen LogP contribution in [-0.2, 0) is 26.5 Å². The van der Waals surface area contributed by atoms with E-state index in [1.807, 2.05) is 48.8 Å². The number of amides is 1. The van der Waals surface area contributed by atoms with E-state index < -0.39 is 42.5 Å². The van der Waals surface area contributed by atoms with Crippen molar-refractivity contribution in [2.75, 3.05) is 32.1 Å². The largest absolute Gasteiger partial charge is 0.490 e. The molecule has 0 radical (unpaired) electrons. The molecule has 3 fully saturated rings. The molecule has 1 aromatic heterocycles. The van der Waals surface area contributed by atoms with Crippen LogP contribution in [0.25, 0.3) is 11.1 Å². The van der Waals surface area contributed by atoms with Crippen molar-refractivity contribution in [1.82, 2.24) is 9.88 Å². The number of halogens is 1. The van der Waals surface area contributed by atoms with Crippen LogP contribution in [0.2, 0.25) is 5.02 Å². The number of thioether (sulfide) groups is 1. The van der Waals surface area contributed by atoms with Gasteiger partial charge in [-0.2, -0.15) is 0 Å². The molecule has 1 amide bonds. The summed E-state index contributed by atoms with van der Waals surface area (Å²) in [4.78, 5) is 20.4. The maximum absolute atomic E-state index is 13.3. The Morgan fingerprint density at radius 1 is 1.00 bits per heavy atom. The smallest absolute Gasteiger partial charge is 0.254 e. The number of hydrogen-bond acceptors (Lipinski definition) is 11. The van der Waals surface area contributed by atoms with E-state index >= 15 is 0 Å². The highest BCUT2D eigenvalue weighted by atomic mass is 35.5. The van der Waals surface area contributed by atoms with Gasteiger partial charge in [-0.15, -0.1) is 11.8 Å². The first kappa shape index (κ1) is 38.9. The number of carbonyl (C=O) groups is 1. The molecule has 1 aliphatic heterocycles. The van der Waals surface area contributed by atoms with Crippen LogP contribution < -0.4 is 4.74 Å². The van der Waals surface area contributed by atoms with E-state index in [-0.39, 0.29) is 12.1 Å². The van der Waals surface area contributed by atoms with Crippen molar-refractivity contribution in [3.63, 3.8) is 0 Å². The van der Waals surface area contributed by atoms with Gasteiger partial charge in [0.2, 0.25) is 0 Å². The van der Waals surface area contributed by atoms with Crippen molar-refractivity contribution in [1.29, 1.82) is 0 Å². The number of rotatable bonds is 19. The molecule has 3 aliphatic rings. The minimum Gasteiger partial charge on any atom is -0.490 e. The highest BCUT2D eigenvalue weighted by Gasteiger charge is 2.48. The molecule has 0 bridgehead atoms. The Morgan fingerprint density at radius 2 is 1.77 bits per heavy atom. The number of nitrogens with zero attached hydrogens (tertiary/aromatic N) is 2. The van der Waals surface area contributed by atoms with Gasteiger partial charge in [0.25, 0.3) is 5.91 Å². The van der Waals surface area contributed by atoms with Crippen LogP contribution in [0.15, 0.2) is 65.8 Å². The first-order valence-corrected chi connectivity index (χ1v) is 19.5. The van der Waals surface area contributed by atoms with Crippen molar-refractivity contribution in [3.8, 4) is 16.9 Å². The third-order valence-electron chi connectivity index (χ3n) is 10.0. The van der Waals surface area contributed by atoms with Gasteiger partial charge < -0.3 is 44.6 Å². The Hall–Kier alpha value is -2.78. The molecule has 13 heteroatoms. The van der Waals surface area contributed by atoms with Gasteiger partial charge in [-0.05, 0) is 98.6 Å². The summed E-state index contributed by atoms with van der Waals surface area (Å²) < 4.78 is 18.4. The molecule has 2 aliphatic carbocycles. The Labute approximate surface area is 313 Å². The van der Waals surface area contributed by atoms with E-state index in [0.29, 0.717) is 50.7 Å². The summed E-state index contributed by atoms with van der Waals surface area (Å²) in [5, 5.41) is 50.5. The van der Waals surface area contributed by atoms with E-state index in [4.69, 9.17) is 30.9 Å². The van der Waals surface area contributed by atoms with Crippen molar-refractivity contribution in [2.24, 2.45) is 0 Å². The van der Waals surface area contributed by atoms with Crippen molar-refractivity contribution in [3.05, 3.63) is 77.1 Å². The molecule has 1 saturated heterocycles. The molecule has 0 spiro atoms. The zero-order chi connectivity index (χ0) is 36.7. The molecule has 2 heterocycles. The minimum absolute atomic E-state index is 0.183. The van der Waals surface area contributed by atoms with Crippen molar-refractivity contribution in [2.45, 2.75) is 105 Å². The Balaban J connectivity index is 1.04. The van der Waals surface area contributed by atoms with Crippen LogP contribution >= 0.6 is 23.4 Å². The summed E-state index contributed by atoms with van der Waals surface area (Å²) in [5.41, 5.74) is 3.62. The number of ether oxygens (including phenoxy) is 3. The molecular weight excluding hydrogens is 708 g/mol. The number of aliphatic hydroxyl groups is 5. The Kier molecular flexibility index (Phi) is 13.5. The first-order chi connectivity index (χ1) is 25.2. The molecule has 52 heavy (non-hydrogen) atoms. The van der Waals surface area contributed by atoms with Gasteiger partial charge in [0.05, 0.1) is 24.9 Å². The predicted octanol–water partition coefficient (Wildman–Crippen LogP) is 4.46. The second-order valence-corrected chi connectivity index (χ2v) is 15.5. The zero-order valence-electron chi connectivity index (χ0n) is 29.2. The van der Waals surface area contributed by atoms with Crippen LogP contribution in [-0.4, -0.2) is 110 Å².